The second-order valence-corrected chi connectivity index (χ2v) is 19.6. The van der Waals surface area contributed by atoms with Gasteiger partial charge in [0, 0.05) is 12.8 Å². The number of carbonyl (C=O) groups is 2. The van der Waals surface area contributed by atoms with Crippen molar-refractivity contribution in [3.63, 3.8) is 0 Å². The molecule has 0 fully saturated rings. The first kappa shape index (κ1) is 62.3. The minimum absolute atomic E-state index is 0.00559. The molecule has 1 amide bonds. The van der Waals surface area contributed by atoms with Crippen LogP contribution in [-0.2, 0) is 14.3 Å². The van der Waals surface area contributed by atoms with Crippen molar-refractivity contribution in [1.82, 2.24) is 5.32 Å². The molecule has 6 heteroatoms. The first-order chi connectivity index (χ1) is 31.5. The van der Waals surface area contributed by atoms with Gasteiger partial charge in [0.05, 0.1) is 25.4 Å². The standard InChI is InChI=1S/C58H111NO5/c1-3-5-7-9-11-13-15-17-18-19-20-24-28-32-36-40-44-48-52-58(63)64-53-49-45-41-37-33-29-25-22-21-23-27-31-35-39-43-47-51-57(62)59-55(54-60)56(61)50-46-42-38-34-30-26-16-14-12-10-8-6-4-2/h18-19,21,23,55-56,60-61H,3-17,20,22,24-54H2,1-2H3,(H,59,62)/b19-18-,23-21-. The fraction of sp³-hybridized carbons (Fsp3) is 0.897. The zero-order valence-electron chi connectivity index (χ0n) is 43.0. The fourth-order valence-corrected chi connectivity index (χ4v) is 8.81. The molecule has 0 aromatic carbocycles. The van der Waals surface area contributed by atoms with Gasteiger partial charge in [-0.25, -0.2) is 0 Å². The molecule has 0 aromatic heterocycles. The highest BCUT2D eigenvalue weighted by Crippen LogP contribution is 2.16. The third-order valence-electron chi connectivity index (χ3n) is 13.2. The van der Waals surface area contributed by atoms with E-state index in [0.717, 1.165) is 64.2 Å². The fourth-order valence-electron chi connectivity index (χ4n) is 8.81. The van der Waals surface area contributed by atoms with Gasteiger partial charge in [-0.1, -0.05) is 244 Å². The van der Waals surface area contributed by atoms with E-state index in [1.807, 2.05) is 0 Å². The van der Waals surface area contributed by atoms with Gasteiger partial charge in [0.1, 0.15) is 0 Å². The molecular formula is C58H111NO5. The zero-order chi connectivity index (χ0) is 46.5. The predicted molar refractivity (Wildman–Crippen MR) is 278 cm³/mol. The van der Waals surface area contributed by atoms with Gasteiger partial charge in [-0.15, -0.1) is 0 Å². The van der Waals surface area contributed by atoms with E-state index < -0.39 is 12.1 Å². The highest BCUT2D eigenvalue weighted by atomic mass is 16.5. The van der Waals surface area contributed by atoms with Crippen LogP contribution in [0.2, 0.25) is 0 Å². The van der Waals surface area contributed by atoms with Crippen LogP contribution >= 0.6 is 0 Å². The molecule has 0 saturated carbocycles. The van der Waals surface area contributed by atoms with Crippen LogP contribution in [0, 0.1) is 0 Å². The number of aliphatic hydroxyl groups excluding tert-OH is 2. The van der Waals surface area contributed by atoms with Crippen LogP contribution in [0.4, 0.5) is 0 Å². The summed E-state index contributed by atoms with van der Waals surface area (Å²) in [6.07, 6.45) is 64.5. The number of hydrogen-bond donors (Lipinski definition) is 3. The normalized spacial score (nSPS) is 12.8. The van der Waals surface area contributed by atoms with Crippen molar-refractivity contribution >= 4 is 11.9 Å². The Morgan fingerprint density at radius 3 is 1.11 bits per heavy atom. The monoisotopic (exact) mass is 902 g/mol. The lowest BCUT2D eigenvalue weighted by atomic mass is 10.0. The molecule has 378 valence electrons. The molecule has 0 aliphatic heterocycles. The van der Waals surface area contributed by atoms with Crippen LogP contribution in [-0.4, -0.2) is 47.4 Å². The molecule has 0 spiro atoms. The van der Waals surface area contributed by atoms with E-state index in [1.54, 1.807) is 0 Å². The Kier molecular flexibility index (Phi) is 52.6. The molecule has 0 rings (SSSR count). The number of esters is 1. The first-order valence-corrected chi connectivity index (χ1v) is 28.6. The molecule has 6 nitrogen and oxygen atoms in total. The van der Waals surface area contributed by atoms with Crippen molar-refractivity contribution in [2.24, 2.45) is 0 Å². The Balaban J connectivity index is 3.44. The molecule has 64 heavy (non-hydrogen) atoms. The molecule has 0 aliphatic rings. The topological polar surface area (TPSA) is 95.9 Å². The minimum atomic E-state index is -0.674. The molecule has 0 aliphatic carbocycles. The van der Waals surface area contributed by atoms with Crippen LogP contribution < -0.4 is 5.32 Å². The maximum Gasteiger partial charge on any atom is 0.305 e. The minimum Gasteiger partial charge on any atom is -0.466 e. The Bertz CT molecular complexity index is 997. The van der Waals surface area contributed by atoms with Gasteiger partial charge >= 0.3 is 5.97 Å². The summed E-state index contributed by atoms with van der Waals surface area (Å²) in [7, 11) is 0. The van der Waals surface area contributed by atoms with E-state index in [0.29, 0.717) is 25.9 Å². The van der Waals surface area contributed by atoms with Gasteiger partial charge in [0.15, 0.2) is 0 Å². The maximum absolute atomic E-state index is 12.4. The molecule has 3 N–H and O–H groups in total. The van der Waals surface area contributed by atoms with E-state index in [-0.39, 0.29) is 18.5 Å². The summed E-state index contributed by atoms with van der Waals surface area (Å²) in [5.74, 6) is -0.0574. The van der Waals surface area contributed by atoms with Crippen LogP contribution in [0.5, 0.6) is 0 Å². The van der Waals surface area contributed by atoms with Crippen molar-refractivity contribution in [1.29, 1.82) is 0 Å². The second-order valence-electron chi connectivity index (χ2n) is 19.6. The summed E-state index contributed by atoms with van der Waals surface area (Å²) in [5, 5.41) is 23.2. The van der Waals surface area contributed by atoms with Crippen LogP contribution in [0.1, 0.15) is 309 Å². The van der Waals surface area contributed by atoms with E-state index in [4.69, 9.17) is 4.74 Å². The van der Waals surface area contributed by atoms with E-state index in [2.05, 4.69) is 43.5 Å². The SMILES string of the molecule is CCCCCCCCC/C=C\CCCCCCCCCC(=O)OCCCCCCCCC/C=C\CCCCCCCC(=O)NC(CO)C(O)CCCCCCCCCCCCCCC. The van der Waals surface area contributed by atoms with Crippen molar-refractivity contribution < 1.29 is 24.5 Å². The number of nitrogens with one attached hydrogen (secondary N) is 1. The average molecular weight is 903 g/mol. The lowest BCUT2D eigenvalue weighted by molar-refractivity contribution is -0.143. The van der Waals surface area contributed by atoms with Crippen LogP contribution in [0.3, 0.4) is 0 Å². The summed E-state index contributed by atoms with van der Waals surface area (Å²) >= 11 is 0. The van der Waals surface area contributed by atoms with E-state index >= 15 is 0 Å². The third kappa shape index (κ3) is 49.8. The van der Waals surface area contributed by atoms with Crippen molar-refractivity contribution in [2.45, 2.75) is 321 Å². The lowest BCUT2D eigenvalue weighted by Gasteiger charge is -2.22. The summed E-state index contributed by atoms with van der Waals surface area (Å²) in [5.41, 5.74) is 0. The number of ether oxygens (including phenoxy) is 1. The van der Waals surface area contributed by atoms with Gasteiger partial charge in [-0.3, -0.25) is 9.59 Å². The summed E-state index contributed by atoms with van der Waals surface area (Å²) in [6.45, 7) is 4.93. The number of rotatable bonds is 53. The Morgan fingerprint density at radius 2 is 0.734 bits per heavy atom. The third-order valence-corrected chi connectivity index (χ3v) is 13.2. The Morgan fingerprint density at radius 1 is 0.422 bits per heavy atom. The molecule has 0 heterocycles. The lowest BCUT2D eigenvalue weighted by Crippen LogP contribution is -2.45. The van der Waals surface area contributed by atoms with Gasteiger partial charge < -0.3 is 20.3 Å². The highest BCUT2D eigenvalue weighted by molar-refractivity contribution is 5.76. The Hall–Kier alpha value is -1.66. The molecule has 2 atom stereocenters. The molecule has 0 radical (unpaired) electrons. The van der Waals surface area contributed by atoms with E-state index in [1.165, 1.54) is 212 Å². The maximum atomic E-state index is 12.4. The smallest absolute Gasteiger partial charge is 0.305 e. The largest absolute Gasteiger partial charge is 0.466 e. The number of aliphatic hydroxyl groups is 2. The quantitative estimate of drug-likeness (QED) is 0.0321. The molecule has 0 aromatic rings. The van der Waals surface area contributed by atoms with Crippen molar-refractivity contribution in [2.75, 3.05) is 13.2 Å². The number of unbranched alkanes of at least 4 members (excludes halogenated alkanes) is 38. The van der Waals surface area contributed by atoms with Gasteiger partial charge in [-0.2, -0.15) is 0 Å². The predicted octanol–water partition coefficient (Wildman–Crippen LogP) is 17.5. The summed E-state index contributed by atoms with van der Waals surface area (Å²) in [6, 6.07) is -0.553. The number of allylic oxidation sites excluding steroid dienone is 4. The highest BCUT2D eigenvalue weighted by Gasteiger charge is 2.20. The van der Waals surface area contributed by atoms with Crippen molar-refractivity contribution in [3.8, 4) is 0 Å². The zero-order valence-corrected chi connectivity index (χ0v) is 43.0. The molecule has 0 bridgehead atoms. The molecular weight excluding hydrogens is 791 g/mol. The second kappa shape index (κ2) is 54.0. The van der Waals surface area contributed by atoms with Crippen molar-refractivity contribution in [3.05, 3.63) is 24.3 Å². The molecule has 0 saturated heterocycles. The number of amides is 1. The number of hydrogen-bond acceptors (Lipinski definition) is 5. The van der Waals surface area contributed by atoms with Gasteiger partial charge in [0.25, 0.3) is 0 Å². The summed E-state index contributed by atoms with van der Waals surface area (Å²) in [4.78, 5) is 24.5. The molecule has 2 unspecified atom stereocenters. The van der Waals surface area contributed by atoms with Gasteiger partial charge in [0.2, 0.25) is 5.91 Å². The average Bonchev–Trinajstić information content (AvgIpc) is 3.29. The van der Waals surface area contributed by atoms with Gasteiger partial charge in [-0.05, 0) is 77.0 Å². The Labute approximate surface area is 399 Å². The number of carbonyl (C=O) groups excluding carboxylic acids is 2. The van der Waals surface area contributed by atoms with Crippen LogP contribution in [0.25, 0.3) is 0 Å². The first-order valence-electron chi connectivity index (χ1n) is 28.6. The van der Waals surface area contributed by atoms with E-state index in [9.17, 15) is 19.8 Å². The summed E-state index contributed by atoms with van der Waals surface area (Å²) < 4.78 is 5.48. The van der Waals surface area contributed by atoms with Crippen LogP contribution in [0.15, 0.2) is 24.3 Å².